The molecule has 1 aromatic carbocycles. The lowest BCUT2D eigenvalue weighted by atomic mass is 10.0. The summed E-state index contributed by atoms with van der Waals surface area (Å²) in [5.41, 5.74) is 10.2. The molecule has 1 saturated heterocycles. The Morgan fingerprint density at radius 3 is 3.00 bits per heavy atom. The normalized spacial score (nSPS) is 18.9. The Balaban J connectivity index is 2.00. The first kappa shape index (κ1) is 13.2. The van der Waals surface area contributed by atoms with Gasteiger partial charge in [-0.2, -0.15) is 0 Å². The molecular weight excluding hydrogens is 246 g/mol. The number of fused-ring (bicyclic) bond motifs is 1. The van der Waals surface area contributed by atoms with Crippen molar-refractivity contribution >= 4 is 22.3 Å². The summed E-state index contributed by atoms with van der Waals surface area (Å²) in [6.45, 7) is 6.66. The number of nitrogens with zero attached hydrogens (tertiary/aromatic N) is 2. The Kier molecular flexibility index (Phi) is 3.51. The Bertz CT molecular complexity index is 621. The summed E-state index contributed by atoms with van der Waals surface area (Å²) in [6, 6.07) is 8.23. The summed E-state index contributed by atoms with van der Waals surface area (Å²) in [5.74, 6) is 0.838. The largest absolute Gasteiger partial charge is 0.399 e. The van der Waals surface area contributed by atoms with Crippen molar-refractivity contribution < 1.29 is 0 Å². The van der Waals surface area contributed by atoms with Crippen molar-refractivity contribution in [2.24, 2.45) is 5.92 Å². The molecule has 1 aliphatic heterocycles. The number of rotatable bonds is 3. The van der Waals surface area contributed by atoms with Crippen molar-refractivity contribution in [2.75, 3.05) is 23.7 Å². The predicted molar refractivity (Wildman–Crippen MR) is 86.1 cm³/mol. The first-order chi connectivity index (χ1) is 9.67. The molecule has 0 amide bonds. The Hall–Kier alpha value is -1.77. The number of nitrogens with two attached hydrogens (primary N) is 1. The van der Waals surface area contributed by atoms with Crippen LogP contribution in [0.15, 0.2) is 24.3 Å². The number of nitrogen functional groups attached to an aromatic ring is 1. The topological polar surface area (TPSA) is 42.2 Å². The lowest BCUT2D eigenvalue weighted by Gasteiger charge is -2.21. The number of benzene rings is 1. The maximum atomic E-state index is 5.96. The minimum Gasteiger partial charge on any atom is -0.399 e. The molecule has 0 aliphatic carbocycles. The number of anilines is 2. The van der Waals surface area contributed by atoms with E-state index in [9.17, 15) is 0 Å². The first-order valence-corrected chi connectivity index (χ1v) is 7.59. The number of hydrogen-bond acceptors (Lipinski definition) is 3. The Labute approximate surface area is 120 Å². The second-order valence-corrected chi connectivity index (χ2v) is 5.95. The molecular formula is C17H23N3. The lowest BCUT2D eigenvalue weighted by molar-refractivity contribution is 0.530. The van der Waals surface area contributed by atoms with E-state index >= 15 is 0 Å². The second-order valence-electron chi connectivity index (χ2n) is 5.95. The standard InChI is InChI=1S/C17H23N3/c1-3-4-13-7-8-20(11-13)17-9-12(2)19-16-6-5-14(18)10-15(16)17/h5-6,9-10,13H,3-4,7-8,11,18H2,1-2H3. The molecule has 106 valence electrons. The SMILES string of the molecule is CCCC1CCN(c2cc(C)nc3ccc(N)cc23)C1. The quantitative estimate of drug-likeness (QED) is 0.863. The van der Waals surface area contributed by atoms with Crippen LogP contribution in [-0.2, 0) is 0 Å². The number of aryl methyl sites for hydroxylation is 1. The zero-order chi connectivity index (χ0) is 14.1. The van der Waals surface area contributed by atoms with Crippen LogP contribution in [0.5, 0.6) is 0 Å². The van der Waals surface area contributed by atoms with Crippen LogP contribution in [0, 0.1) is 12.8 Å². The van der Waals surface area contributed by atoms with E-state index in [0.29, 0.717) is 0 Å². The van der Waals surface area contributed by atoms with Gasteiger partial charge >= 0.3 is 0 Å². The van der Waals surface area contributed by atoms with Gasteiger partial charge in [0, 0.05) is 35.5 Å². The highest BCUT2D eigenvalue weighted by molar-refractivity contribution is 5.94. The summed E-state index contributed by atoms with van der Waals surface area (Å²) in [7, 11) is 0. The maximum absolute atomic E-state index is 5.96. The van der Waals surface area contributed by atoms with Gasteiger partial charge in [-0.05, 0) is 49.9 Å². The molecule has 0 saturated carbocycles. The van der Waals surface area contributed by atoms with Crippen LogP contribution in [0.25, 0.3) is 10.9 Å². The second kappa shape index (κ2) is 5.31. The van der Waals surface area contributed by atoms with Crippen molar-refractivity contribution in [3.8, 4) is 0 Å². The fourth-order valence-electron chi connectivity index (χ4n) is 3.31. The first-order valence-electron chi connectivity index (χ1n) is 7.59. The van der Waals surface area contributed by atoms with Crippen LogP contribution in [0.4, 0.5) is 11.4 Å². The van der Waals surface area contributed by atoms with E-state index in [4.69, 9.17) is 5.73 Å². The van der Waals surface area contributed by atoms with Gasteiger partial charge in [0.05, 0.1) is 5.52 Å². The van der Waals surface area contributed by atoms with E-state index in [0.717, 1.165) is 29.4 Å². The van der Waals surface area contributed by atoms with Crippen molar-refractivity contribution in [3.63, 3.8) is 0 Å². The number of hydrogen-bond donors (Lipinski definition) is 1. The van der Waals surface area contributed by atoms with E-state index in [1.54, 1.807) is 0 Å². The van der Waals surface area contributed by atoms with E-state index in [2.05, 4.69) is 35.9 Å². The molecule has 2 N–H and O–H groups in total. The van der Waals surface area contributed by atoms with Crippen LogP contribution < -0.4 is 10.6 Å². The average molecular weight is 269 g/mol. The summed E-state index contributed by atoms with van der Waals surface area (Å²) in [5, 5.41) is 1.19. The van der Waals surface area contributed by atoms with Gasteiger partial charge in [0.1, 0.15) is 0 Å². The molecule has 0 radical (unpaired) electrons. The van der Waals surface area contributed by atoms with Crippen molar-refractivity contribution in [1.82, 2.24) is 4.98 Å². The van der Waals surface area contributed by atoms with Gasteiger partial charge in [-0.15, -0.1) is 0 Å². The van der Waals surface area contributed by atoms with Gasteiger partial charge < -0.3 is 10.6 Å². The smallest absolute Gasteiger partial charge is 0.0727 e. The van der Waals surface area contributed by atoms with Gasteiger partial charge in [0.25, 0.3) is 0 Å². The van der Waals surface area contributed by atoms with Crippen LogP contribution in [0.3, 0.4) is 0 Å². The van der Waals surface area contributed by atoms with Gasteiger partial charge in [-0.3, -0.25) is 4.98 Å². The lowest BCUT2D eigenvalue weighted by Crippen LogP contribution is -2.20. The Morgan fingerprint density at radius 2 is 2.20 bits per heavy atom. The average Bonchev–Trinajstić information content (AvgIpc) is 2.87. The highest BCUT2D eigenvalue weighted by Gasteiger charge is 2.23. The molecule has 0 spiro atoms. The van der Waals surface area contributed by atoms with Gasteiger partial charge in [-0.1, -0.05) is 13.3 Å². The van der Waals surface area contributed by atoms with Crippen LogP contribution >= 0.6 is 0 Å². The van der Waals surface area contributed by atoms with E-state index in [-0.39, 0.29) is 0 Å². The summed E-state index contributed by atoms with van der Waals surface area (Å²) >= 11 is 0. The molecule has 2 aromatic rings. The van der Waals surface area contributed by atoms with E-state index in [1.165, 1.54) is 36.9 Å². The van der Waals surface area contributed by atoms with Crippen molar-refractivity contribution in [3.05, 3.63) is 30.0 Å². The van der Waals surface area contributed by atoms with Gasteiger partial charge in [-0.25, -0.2) is 0 Å². The molecule has 3 nitrogen and oxygen atoms in total. The monoisotopic (exact) mass is 269 g/mol. The van der Waals surface area contributed by atoms with Crippen LogP contribution in [0.1, 0.15) is 31.9 Å². The van der Waals surface area contributed by atoms with E-state index < -0.39 is 0 Å². The molecule has 3 heteroatoms. The molecule has 0 bridgehead atoms. The third kappa shape index (κ3) is 2.45. The maximum Gasteiger partial charge on any atom is 0.0727 e. The minimum absolute atomic E-state index is 0.814. The summed E-state index contributed by atoms with van der Waals surface area (Å²) in [4.78, 5) is 7.13. The van der Waals surface area contributed by atoms with Crippen molar-refractivity contribution in [1.29, 1.82) is 0 Å². The Morgan fingerprint density at radius 1 is 1.35 bits per heavy atom. The summed E-state index contributed by atoms with van der Waals surface area (Å²) < 4.78 is 0. The molecule has 3 rings (SSSR count). The molecule has 1 aromatic heterocycles. The molecule has 1 atom stereocenters. The van der Waals surface area contributed by atoms with Crippen LogP contribution in [0.2, 0.25) is 0 Å². The van der Waals surface area contributed by atoms with Gasteiger partial charge in [0.2, 0.25) is 0 Å². The van der Waals surface area contributed by atoms with Gasteiger partial charge in [0.15, 0.2) is 0 Å². The molecule has 1 fully saturated rings. The molecule has 20 heavy (non-hydrogen) atoms. The van der Waals surface area contributed by atoms with Crippen LogP contribution in [-0.4, -0.2) is 18.1 Å². The third-order valence-electron chi connectivity index (χ3n) is 4.26. The summed E-state index contributed by atoms with van der Waals surface area (Å²) in [6.07, 6.45) is 3.92. The third-order valence-corrected chi connectivity index (χ3v) is 4.26. The zero-order valence-corrected chi connectivity index (χ0v) is 12.4. The number of aromatic nitrogens is 1. The number of pyridine rings is 1. The predicted octanol–water partition coefficient (Wildman–Crippen LogP) is 3.75. The molecule has 1 aliphatic rings. The van der Waals surface area contributed by atoms with Crippen molar-refractivity contribution in [2.45, 2.75) is 33.1 Å². The highest BCUT2D eigenvalue weighted by Crippen LogP contribution is 2.33. The zero-order valence-electron chi connectivity index (χ0n) is 12.4. The highest BCUT2D eigenvalue weighted by atomic mass is 15.2. The fourth-order valence-corrected chi connectivity index (χ4v) is 3.31. The minimum atomic E-state index is 0.814. The fraction of sp³-hybridized carbons (Fsp3) is 0.471. The van der Waals surface area contributed by atoms with E-state index in [1.807, 2.05) is 12.1 Å². The molecule has 2 heterocycles. The molecule has 1 unspecified atom stereocenters.